The minimum absolute atomic E-state index is 0.0217. The number of hydrogen-bond donors (Lipinski definition) is 1. The lowest BCUT2D eigenvalue weighted by atomic mass is 10.2. The summed E-state index contributed by atoms with van der Waals surface area (Å²) in [5, 5.41) is 10.8. The average Bonchev–Trinajstić information content (AvgIpc) is 3.00. The van der Waals surface area contributed by atoms with Crippen molar-refractivity contribution in [1.82, 2.24) is 4.72 Å². The predicted molar refractivity (Wildman–Crippen MR) is 105 cm³/mol. The van der Waals surface area contributed by atoms with Gasteiger partial charge in [-0.25, -0.2) is 21.6 Å². The van der Waals surface area contributed by atoms with Gasteiger partial charge in [0.25, 0.3) is 21.6 Å². The number of hydrogen-bond acceptors (Lipinski definition) is 7. The Hall–Kier alpha value is -2.99. The molecule has 1 N–H and O–H groups in total. The lowest BCUT2D eigenvalue weighted by molar-refractivity contribution is -0.385. The Bertz CT molecular complexity index is 1190. The van der Waals surface area contributed by atoms with Gasteiger partial charge in [0.05, 0.1) is 21.3 Å². The van der Waals surface area contributed by atoms with Crippen LogP contribution in [-0.2, 0) is 20.0 Å². The first kappa shape index (κ1) is 20.7. The summed E-state index contributed by atoms with van der Waals surface area (Å²) in [5.41, 5.74) is 0.274. The molecule has 1 fully saturated rings. The molecule has 3 rings (SSSR count). The van der Waals surface area contributed by atoms with Gasteiger partial charge in [0, 0.05) is 24.2 Å². The SMILES string of the molecule is Cc1cc([N+](=O)[O-])ccc1S(=O)(=O)NC(=O)c1ccc(N2CCCS2(=O)=O)cc1. The normalized spacial score (nSPS) is 15.8. The summed E-state index contributed by atoms with van der Waals surface area (Å²) in [4.78, 5) is 22.2. The molecule has 29 heavy (non-hydrogen) atoms. The number of anilines is 1. The summed E-state index contributed by atoms with van der Waals surface area (Å²) in [6.45, 7) is 1.74. The fraction of sp³-hybridized carbons (Fsp3) is 0.235. The molecule has 0 unspecified atom stereocenters. The summed E-state index contributed by atoms with van der Waals surface area (Å²) in [6, 6.07) is 8.72. The molecule has 1 aliphatic rings. The highest BCUT2D eigenvalue weighted by Gasteiger charge is 2.28. The quantitative estimate of drug-likeness (QED) is 0.550. The van der Waals surface area contributed by atoms with Crippen LogP contribution in [0, 0.1) is 17.0 Å². The number of carbonyl (C=O) groups is 1. The summed E-state index contributed by atoms with van der Waals surface area (Å²) < 4.78 is 52.0. The lowest BCUT2D eigenvalue weighted by Crippen LogP contribution is -2.31. The molecule has 0 spiro atoms. The summed E-state index contributed by atoms with van der Waals surface area (Å²) in [5.74, 6) is -0.846. The van der Waals surface area contributed by atoms with Crippen LogP contribution in [0.25, 0.3) is 0 Å². The molecule has 1 aliphatic heterocycles. The average molecular weight is 439 g/mol. The zero-order valence-electron chi connectivity index (χ0n) is 15.2. The molecule has 0 aliphatic carbocycles. The second kappa shape index (κ2) is 7.44. The first-order valence-electron chi connectivity index (χ1n) is 8.44. The van der Waals surface area contributed by atoms with Crippen molar-refractivity contribution in [2.45, 2.75) is 18.2 Å². The van der Waals surface area contributed by atoms with Gasteiger partial charge < -0.3 is 0 Å². The van der Waals surface area contributed by atoms with Gasteiger partial charge in [-0.3, -0.25) is 19.2 Å². The Balaban J connectivity index is 1.80. The van der Waals surface area contributed by atoms with Crippen LogP contribution in [0.3, 0.4) is 0 Å². The van der Waals surface area contributed by atoms with Gasteiger partial charge in [-0.05, 0) is 49.2 Å². The van der Waals surface area contributed by atoms with E-state index in [0.29, 0.717) is 18.7 Å². The number of nitrogens with zero attached hydrogens (tertiary/aromatic N) is 2. The van der Waals surface area contributed by atoms with Gasteiger partial charge in [0.2, 0.25) is 10.0 Å². The summed E-state index contributed by atoms with van der Waals surface area (Å²) >= 11 is 0. The maximum Gasteiger partial charge on any atom is 0.269 e. The van der Waals surface area contributed by atoms with E-state index in [4.69, 9.17) is 0 Å². The van der Waals surface area contributed by atoms with E-state index in [1.165, 1.54) is 35.5 Å². The third-order valence-electron chi connectivity index (χ3n) is 4.40. The van der Waals surface area contributed by atoms with Gasteiger partial charge in [0.1, 0.15) is 0 Å². The third-order valence-corrected chi connectivity index (χ3v) is 7.76. The van der Waals surface area contributed by atoms with Crippen LogP contribution >= 0.6 is 0 Å². The van der Waals surface area contributed by atoms with Crippen molar-refractivity contribution in [3.05, 3.63) is 63.7 Å². The van der Waals surface area contributed by atoms with Crippen molar-refractivity contribution in [2.75, 3.05) is 16.6 Å². The van der Waals surface area contributed by atoms with Gasteiger partial charge in [-0.1, -0.05) is 0 Å². The van der Waals surface area contributed by atoms with E-state index in [0.717, 1.165) is 18.2 Å². The number of rotatable bonds is 5. The van der Waals surface area contributed by atoms with E-state index in [-0.39, 0.29) is 27.5 Å². The van der Waals surface area contributed by atoms with E-state index < -0.39 is 30.9 Å². The standard InChI is InChI=1S/C17H17N3O7S2/c1-12-11-15(20(22)23)7-8-16(12)29(26,27)18-17(21)13-3-5-14(6-4-13)19-9-2-10-28(19,24)25/h3-8,11H,2,9-10H2,1H3,(H,18,21). The number of carbonyl (C=O) groups excluding carboxylic acids is 1. The molecule has 10 nitrogen and oxygen atoms in total. The molecule has 0 aromatic heterocycles. The highest BCUT2D eigenvalue weighted by atomic mass is 32.2. The maximum absolute atomic E-state index is 12.5. The largest absolute Gasteiger partial charge is 0.270 e. The van der Waals surface area contributed by atoms with Crippen molar-refractivity contribution in [2.24, 2.45) is 0 Å². The smallest absolute Gasteiger partial charge is 0.269 e. The van der Waals surface area contributed by atoms with Crippen LogP contribution in [0.1, 0.15) is 22.3 Å². The molecule has 0 bridgehead atoms. The Morgan fingerprint density at radius 1 is 1.17 bits per heavy atom. The topological polar surface area (TPSA) is 144 Å². The first-order valence-corrected chi connectivity index (χ1v) is 11.5. The number of benzene rings is 2. The minimum Gasteiger partial charge on any atom is -0.270 e. The fourth-order valence-corrected chi connectivity index (χ4v) is 5.76. The minimum atomic E-state index is -4.25. The molecule has 1 amide bonds. The van der Waals surface area contributed by atoms with E-state index in [9.17, 15) is 31.7 Å². The number of nitrogens with one attached hydrogen (secondary N) is 1. The predicted octanol–water partition coefficient (Wildman–Crippen LogP) is 1.56. The number of nitro benzene ring substituents is 1. The molecular weight excluding hydrogens is 422 g/mol. The van der Waals surface area contributed by atoms with Crippen molar-refractivity contribution in [3.63, 3.8) is 0 Å². The molecule has 1 heterocycles. The maximum atomic E-state index is 12.5. The van der Waals surface area contributed by atoms with Crippen molar-refractivity contribution < 1.29 is 26.6 Å². The Labute approximate surface area is 167 Å². The fourth-order valence-electron chi connectivity index (χ4n) is 2.99. The second-order valence-electron chi connectivity index (χ2n) is 6.43. The van der Waals surface area contributed by atoms with Gasteiger partial charge in [-0.2, -0.15) is 0 Å². The van der Waals surface area contributed by atoms with E-state index in [1.54, 1.807) is 0 Å². The van der Waals surface area contributed by atoms with Crippen LogP contribution < -0.4 is 9.03 Å². The molecule has 2 aromatic rings. The van der Waals surface area contributed by atoms with Crippen LogP contribution in [0.2, 0.25) is 0 Å². The zero-order chi connectivity index (χ0) is 21.4. The van der Waals surface area contributed by atoms with E-state index in [2.05, 4.69) is 0 Å². The van der Waals surface area contributed by atoms with Crippen LogP contribution in [0.15, 0.2) is 47.4 Å². The molecule has 1 saturated heterocycles. The van der Waals surface area contributed by atoms with E-state index >= 15 is 0 Å². The molecular formula is C17H17N3O7S2. The van der Waals surface area contributed by atoms with Crippen LogP contribution in [0.5, 0.6) is 0 Å². The highest BCUT2D eigenvalue weighted by molar-refractivity contribution is 7.93. The second-order valence-corrected chi connectivity index (χ2v) is 10.1. The van der Waals surface area contributed by atoms with Gasteiger partial charge >= 0.3 is 0 Å². The monoisotopic (exact) mass is 439 g/mol. The molecule has 12 heteroatoms. The molecule has 0 atom stereocenters. The van der Waals surface area contributed by atoms with Crippen LogP contribution in [0.4, 0.5) is 11.4 Å². The summed E-state index contributed by atoms with van der Waals surface area (Å²) in [6.07, 6.45) is 0.511. The number of sulfonamides is 2. The van der Waals surface area contributed by atoms with Gasteiger partial charge in [0.15, 0.2) is 0 Å². The summed E-state index contributed by atoms with van der Waals surface area (Å²) in [7, 11) is -7.62. The van der Waals surface area contributed by atoms with Gasteiger partial charge in [-0.15, -0.1) is 0 Å². The molecule has 0 radical (unpaired) electrons. The number of aryl methyl sites for hydroxylation is 1. The Morgan fingerprint density at radius 2 is 1.83 bits per heavy atom. The first-order chi connectivity index (χ1) is 13.5. The highest BCUT2D eigenvalue weighted by Crippen LogP contribution is 2.25. The number of non-ortho nitro benzene ring substituents is 1. The Kier molecular flexibility index (Phi) is 5.32. The lowest BCUT2D eigenvalue weighted by Gasteiger charge is -2.17. The molecule has 0 saturated carbocycles. The van der Waals surface area contributed by atoms with Crippen molar-refractivity contribution >= 4 is 37.3 Å². The Morgan fingerprint density at radius 3 is 2.34 bits per heavy atom. The third kappa shape index (κ3) is 4.22. The number of nitro groups is 1. The van der Waals surface area contributed by atoms with E-state index in [1.807, 2.05) is 4.72 Å². The van der Waals surface area contributed by atoms with Crippen LogP contribution in [-0.4, -0.2) is 40.0 Å². The zero-order valence-corrected chi connectivity index (χ0v) is 16.9. The van der Waals surface area contributed by atoms with Crippen molar-refractivity contribution in [3.8, 4) is 0 Å². The van der Waals surface area contributed by atoms with Crippen molar-refractivity contribution in [1.29, 1.82) is 0 Å². The molecule has 2 aromatic carbocycles. The number of amides is 1. The molecule has 154 valence electrons.